The minimum absolute atomic E-state index is 0.0177. The summed E-state index contributed by atoms with van der Waals surface area (Å²) in [5.41, 5.74) is 0.421. The number of hydrogen-bond donors (Lipinski definition) is 2. The molecule has 1 aliphatic heterocycles. The van der Waals surface area contributed by atoms with Crippen LogP contribution in [0.4, 0.5) is 0 Å². The van der Waals surface area contributed by atoms with Crippen molar-refractivity contribution in [2.24, 2.45) is 0 Å². The van der Waals surface area contributed by atoms with Gasteiger partial charge in [0.2, 0.25) is 4.08 Å². The molecule has 0 unspecified atom stereocenters. The second-order valence-electron chi connectivity index (χ2n) is 5.18. The quantitative estimate of drug-likeness (QED) is 0.544. The first kappa shape index (κ1) is 15.9. The topological polar surface area (TPSA) is 121 Å². The zero-order valence-electron chi connectivity index (χ0n) is 11.8. The standard InChI is InChI=1S/C14H12O7S2/c1-14(22(15,16)17,23(18,19)20)12-10(7-8-11-13(12)21-11)9-5-3-2-4-6-9/h2-8H,1H3,(H,15,16,17)(H,18,19,20). The van der Waals surface area contributed by atoms with Crippen LogP contribution < -0.4 is 4.74 Å². The van der Waals surface area contributed by atoms with Crippen LogP contribution in [0, 0.1) is 0 Å². The molecule has 0 saturated heterocycles. The van der Waals surface area contributed by atoms with Gasteiger partial charge < -0.3 is 4.74 Å². The van der Waals surface area contributed by atoms with Gasteiger partial charge in [-0.3, -0.25) is 9.11 Å². The first-order chi connectivity index (χ1) is 10.6. The molecule has 1 heterocycles. The van der Waals surface area contributed by atoms with Crippen molar-refractivity contribution in [3.05, 3.63) is 48.0 Å². The van der Waals surface area contributed by atoms with E-state index in [2.05, 4.69) is 0 Å². The van der Waals surface area contributed by atoms with E-state index >= 15 is 0 Å². The molecule has 2 N–H and O–H groups in total. The first-order valence-corrected chi connectivity index (χ1v) is 9.30. The summed E-state index contributed by atoms with van der Waals surface area (Å²) in [6.45, 7) is 0.724. The zero-order valence-corrected chi connectivity index (χ0v) is 13.4. The Morgan fingerprint density at radius 2 is 1.48 bits per heavy atom. The van der Waals surface area contributed by atoms with E-state index in [0.717, 1.165) is 6.92 Å². The Bertz CT molecular complexity index is 961. The lowest BCUT2D eigenvalue weighted by molar-refractivity contribution is 0.430. The molecule has 3 rings (SSSR count). The van der Waals surface area contributed by atoms with Crippen LogP contribution in [0.25, 0.3) is 11.1 Å². The number of hydrogen-bond acceptors (Lipinski definition) is 5. The molecule has 23 heavy (non-hydrogen) atoms. The van der Waals surface area contributed by atoms with Gasteiger partial charge in [-0.25, -0.2) is 0 Å². The Hall–Kier alpha value is -1.94. The summed E-state index contributed by atoms with van der Waals surface area (Å²) in [6.07, 6.45) is 0. The molecule has 122 valence electrons. The van der Waals surface area contributed by atoms with Crippen molar-refractivity contribution in [1.82, 2.24) is 0 Å². The normalized spacial score (nSPS) is 14.0. The van der Waals surface area contributed by atoms with Gasteiger partial charge in [0.15, 0.2) is 11.5 Å². The average molecular weight is 356 g/mol. The molecular formula is C14H12O7S2. The number of rotatable bonds is 4. The van der Waals surface area contributed by atoms with Gasteiger partial charge in [-0.2, -0.15) is 16.8 Å². The van der Waals surface area contributed by atoms with E-state index in [4.69, 9.17) is 4.74 Å². The maximum atomic E-state index is 11.8. The van der Waals surface area contributed by atoms with Gasteiger partial charge in [0, 0.05) is 5.56 Å². The third-order valence-corrected chi connectivity index (χ3v) is 7.46. The smallest absolute Gasteiger partial charge is 0.292 e. The predicted octanol–water partition coefficient (Wildman–Crippen LogP) is 2.41. The molecule has 0 aromatic heterocycles. The van der Waals surface area contributed by atoms with Gasteiger partial charge >= 0.3 is 0 Å². The van der Waals surface area contributed by atoms with Crippen LogP contribution in [-0.2, 0) is 24.3 Å². The SMILES string of the molecule is CC(c1c(-c2ccccc2)ccc2c1O2)(S(=O)(=O)O)S(=O)(=O)O. The lowest BCUT2D eigenvalue weighted by Gasteiger charge is -2.24. The minimum Gasteiger partial charge on any atom is -0.449 e. The second kappa shape index (κ2) is 4.78. The van der Waals surface area contributed by atoms with Gasteiger partial charge in [-0.1, -0.05) is 36.4 Å². The highest BCUT2D eigenvalue weighted by Gasteiger charge is 2.57. The summed E-state index contributed by atoms with van der Waals surface area (Å²) in [5.74, 6) is 0.308. The third kappa shape index (κ3) is 2.32. The molecule has 0 atom stereocenters. The fourth-order valence-corrected chi connectivity index (χ4v) is 4.42. The lowest BCUT2D eigenvalue weighted by atomic mass is 9.97. The zero-order chi connectivity index (χ0) is 17.0. The Labute approximate surface area is 133 Å². The van der Waals surface area contributed by atoms with E-state index in [1.165, 1.54) is 6.07 Å². The van der Waals surface area contributed by atoms with Crippen molar-refractivity contribution in [3.8, 4) is 22.6 Å². The number of fused-ring (bicyclic) bond motifs is 1. The van der Waals surface area contributed by atoms with E-state index in [1.54, 1.807) is 36.4 Å². The Morgan fingerprint density at radius 3 is 2.00 bits per heavy atom. The fraction of sp³-hybridized carbons (Fsp3) is 0.143. The Kier molecular flexibility index (Phi) is 3.31. The molecule has 0 radical (unpaired) electrons. The molecule has 2 aromatic carbocycles. The summed E-state index contributed by atoms with van der Waals surface area (Å²) in [5, 5.41) is 0. The second-order valence-corrected chi connectivity index (χ2v) is 8.97. The third-order valence-electron chi connectivity index (χ3n) is 3.82. The van der Waals surface area contributed by atoms with Crippen LogP contribution in [0.15, 0.2) is 42.5 Å². The van der Waals surface area contributed by atoms with E-state index in [-0.39, 0.29) is 16.9 Å². The molecule has 9 heteroatoms. The molecule has 0 saturated carbocycles. The molecule has 2 aromatic rings. The monoisotopic (exact) mass is 356 g/mol. The van der Waals surface area contributed by atoms with Crippen LogP contribution in [0.2, 0.25) is 0 Å². The highest BCUT2D eigenvalue weighted by Crippen LogP contribution is 2.57. The van der Waals surface area contributed by atoms with Gasteiger partial charge in [0.1, 0.15) is 0 Å². The highest BCUT2D eigenvalue weighted by molar-refractivity contribution is 8.04. The molecule has 0 amide bonds. The van der Waals surface area contributed by atoms with Crippen LogP contribution in [0.5, 0.6) is 11.5 Å². The van der Waals surface area contributed by atoms with Crippen molar-refractivity contribution < 1.29 is 30.7 Å². The van der Waals surface area contributed by atoms with Crippen molar-refractivity contribution in [3.63, 3.8) is 0 Å². The Balaban J connectivity index is 2.42. The van der Waals surface area contributed by atoms with Crippen molar-refractivity contribution >= 4 is 20.2 Å². The largest absolute Gasteiger partial charge is 0.449 e. The molecule has 0 aliphatic carbocycles. The fourth-order valence-electron chi connectivity index (χ4n) is 2.43. The molecule has 1 aliphatic rings. The van der Waals surface area contributed by atoms with Gasteiger partial charge in [-0.05, 0) is 24.1 Å². The summed E-state index contributed by atoms with van der Waals surface area (Å²) >= 11 is 0. The van der Waals surface area contributed by atoms with E-state index < -0.39 is 24.3 Å². The van der Waals surface area contributed by atoms with Crippen LogP contribution >= 0.6 is 0 Å². The van der Waals surface area contributed by atoms with Crippen LogP contribution in [0.3, 0.4) is 0 Å². The van der Waals surface area contributed by atoms with E-state index in [9.17, 15) is 25.9 Å². The van der Waals surface area contributed by atoms with Gasteiger partial charge in [0.25, 0.3) is 20.2 Å². The molecular weight excluding hydrogens is 344 g/mol. The predicted molar refractivity (Wildman–Crippen MR) is 82.4 cm³/mol. The van der Waals surface area contributed by atoms with Crippen molar-refractivity contribution in [2.75, 3.05) is 0 Å². The molecule has 0 bridgehead atoms. The van der Waals surface area contributed by atoms with Crippen LogP contribution in [0.1, 0.15) is 12.5 Å². The summed E-state index contributed by atoms with van der Waals surface area (Å²) < 4.78 is 68.5. The lowest BCUT2D eigenvalue weighted by Crippen LogP contribution is -2.40. The van der Waals surface area contributed by atoms with Crippen molar-refractivity contribution in [1.29, 1.82) is 0 Å². The molecule has 0 spiro atoms. The van der Waals surface area contributed by atoms with Gasteiger partial charge in [0.05, 0.1) is 0 Å². The van der Waals surface area contributed by atoms with Gasteiger partial charge in [-0.15, -0.1) is 0 Å². The highest BCUT2D eigenvalue weighted by atomic mass is 32.3. The van der Waals surface area contributed by atoms with Crippen LogP contribution in [-0.4, -0.2) is 25.9 Å². The van der Waals surface area contributed by atoms with E-state index in [0.29, 0.717) is 11.3 Å². The Morgan fingerprint density at radius 1 is 0.913 bits per heavy atom. The van der Waals surface area contributed by atoms with Crippen molar-refractivity contribution in [2.45, 2.75) is 11.0 Å². The number of benzene rings is 2. The summed E-state index contributed by atoms with van der Waals surface area (Å²) in [7, 11) is -10.4. The maximum absolute atomic E-state index is 11.8. The maximum Gasteiger partial charge on any atom is 0.292 e. The number of ether oxygens (including phenoxy) is 1. The summed E-state index contributed by atoms with van der Waals surface area (Å²) in [6, 6.07) is 11.4. The minimum atomic E-state index is -5.21. The first-order valence-electron chi connectivity index (χ1n) is 6.42. The summed E-state index contributed by atoms with van der Waals surface area (Å²) in [4.78, 5) is 0. The molecule has 7 nitrogen and oxygen atoms in total. The average Bonchev–Trinajstić information content (AvgIpc) is 3.23. The van der Waals surface area contributed by atoms with E-state index in [1.807, 2.05) is 0 Å². The molecule has 0 fully saturated rings.